The van der Waals surface area contributed by atoms with Crippen LogP contribution in [-0.2, 0) is 0 Å². The van der Waals surface area contributed by atoms with Crippen molar-refractivity contribution in [2.75, 3.05) is 30.3 Å². The van der Waals surface area contributed by atoms with Gasteiger partial charge in [0, 0.05) is 36.6 Å². The normalized spacial score (nSPS) is 10.4. The lowest BCUT2D eigenvalue weighted by molar-refractivity contribution is 0.0954. The third-order valence-corrected chi connectivity index (χ3v) is 4.01. The quantitative estimate of drug-likeness (QED) is 0.806. The summed E-state index contributed by atoms with van der Waals surface area (Å²) < 4.78 is 0. The fraction of sp³-hybridized carbons (Fsp3) is 0.316. The maximum Gasteiger partial charge on any atom is 0.251 e. The number of anilines is 2. The number of nitrogen functional groups attached to an aromatic ring is 1. The number of benzene rings is 2. The molecular weight excluding hydrogens is 286 g/mol. The van der Waals surface area contributed by atoms with E-state index in [1.54, 1.807) is 6.07 Å². The fourth-order valence-electron chi connectivity index (χ4n) is 2.65. The summed E-state index contributed by atoms with van der Waals surface area (Å²) in [6.45, 7) is 8.41. The molecule has 0 bridgehead atoms. The number of carbonyl (C=O) groups excluding carboxylic acids is 1. The topological polar surface area (TPSA) is 58.4 Å². The van der Waals surface area contributed by atoms with Crippen LogP contribution in [0.3, 0.4) is 0 Å². The van der Waals surface area contributed by atoms with Crippen molar-refractivity contribution in [1.29, 1.82) is 0 Å². The predicted octanol–water partition coefficient (Wildman–Crippen LogP) is 3.14. The van der Waals surface area contributed by atoms with Gasteiger partial charge in [-0.25, -0.2) is 0 Å². The van der Waals surface area contributed by atoms with Crippen LogP contribution in [-0.4, -0.2) is 25.5 Å². The molecule has 1 amide bonds. The van der Waals surface area contributed by atoms with Gasteiger partial charge in [-0.1, -0.05) is 24.3 Å². The second-order valence-electron chi connectivity index (χ2n) is 5.70. The number of carbonyl (C=O) groups is 1. The minimum Gasteiger partial charge on any atom is -0.399 e. The molecular formula is C19H25N3O. The lowest BCUT2D eigenvalue weighted by Crippen LogP contribution is -2.35. The molecule has 122 valence electrons. The lowest BCUT2D eigenvalue weighted by Gasteiger charge is -2.25. The molecule has 4 nitrogen and oxygen atoms in total. The molecule has 2 aromatic rings. The molecule has 23 heavy (non-hydrogen) atoms. The van der Waals surface area contributed by atoms with E-state index in [1.165, 1.54) is 11.3 Å². The van der Waals surface area contributed by atoms with Gasteiger partial charge in [0.1, 0.15) is 0 Å². The van der Waals surface area contributed by atoms with Crippen molar-refractivity contribution in [2.24, 2.45) is 0 Å². The number of aryl methyl sites for hydroxylation is 2. The number of rotatable bonds is 6. The van der Waals surface area contributed by atoms with Crippen molar-refractivity contribution in [3.05, 3.63) is 59.2 Å². The molecule has 0 unspecified atom stereocenters. The van der Waals surface area contributed by atoms with Crippen molar-refractivity contribution >= 4 is 17.3 Å². The van der Waals surface area contributed by atoms with E-state index in [2.05, 4.69) is 36.2 Å². The molecule has 0 aliphatic heterocycles. The fourth-order valence-corrected chi connectivity index (χ4v) is 2.65. The molecule has 0 fully saturated rings. The predicted molar refractivity (Wildman–Crippen MR) is 97.0 cm³/mol. The molecule has 0 atom stereocenters. The number of hydrogen-bond acceptors (Lipinski definition) is 3. The summed E-state index contributed by atoms with van der Waals surface area (Å²) in [7, 11) is 0. The Balaban J connectivity index is 1.97. The summed E-state index contributed by atoms with van der Waals surface area (Å²) in [4.78, 5) is 14.6. The first-order chi connectivity index (χ1) is 11.0. The first-order valence-corrected chi connectivity index (χ1v) is 7.97. The molecule has 0 spiro atoms. The molecule has 0 radical (unpaired) electrons. The van der Waals surface area contributed by atoms with Crippen LogP contribution < -0.4 is 16.0 Å². The van der Waals surface area contributed by atoms with Gasteiger partial charge < -0.3 is 16.0 Å². The van der Waals surface area contributed by atoms with Gasteiger partial charge in [0.05, 0.1) is 0 Å². The number of para-hydroxylation sites is 1. The molecule has 0 heterocycles. The van der Waals surface area contributed by atoms with Gasteiger partial charge in [-0.2, -0.15) is 0 Å². The third kappa shape index (κ3) is 4.25. The number of nitrogens with zero attached hydrogens (tertiary/aromatic N) is 1. The van der Waals surface area contributed by atoms with Crippen LogP contribution in [0.2, 0.25) is 0 Å². The highest BCUT2D eigenvalue weighted by molar-refractivity contribution is 5.96. The van der Waals surface area contributed by atoms with Crippen LogP contribution >= 0.6 is 0 Å². The molecule has 3 N–H and O–H groups in total. The van der Waals surface area contributed by atoms with Crippen LogP contribution in [0.25, 0.3) is 0 Å². The highest BCUT2D eigenvalue weighted by Crippen LogP contribution is 2.18. The van der Waals surface area contributed by atoms with E-state index in [4.69, 9.17) is 5.73 Å². The zero-order valence-corrected chi connectivity index (χ0v) is 14.1. The van der Waals surface area contributed by atoms with E-state index in [0.717, 1.165) is 18.7 Å². The summed E-state index contributed by atoms with van der Waals surface area (Å²) >= 11 is 0. The average molecular weight is 311 g/mol. The minimum absolute atomic E-state index is 0.0735. The van der Waals surface area contributed by atoms with E-state index in [9.17, 15) is 4.79 Å². The number of nitrogens with one attached hydrogen (secondary N) is 1. The second-order valence-corrected chi connectivity index (χ2v) is 5.70. The maximum absolute atomic E-state index is 12.3. The van der Waals surface area contributed by atoms with Crippen molar-refractivity contribution in [3.63, 3.8) is 0 Å². The zero-order valence-electron chi connectivity index (χ0n) is 14.1. The second kappa shape index (κ2) is 7.68. The Bertz CT molecular complexity index is 682. The Morgan fingerprint density at radius 1 is 1.13 bits per heavy atom. The van der Waals surface area contributed by atoms with Gasteiger partial charge in [-0.05, 0) is 50.1 Å². The Kier molecular flexibility index (Phi) is 5.63. The maximum atomic E-state index is 12.3. The van der Waals surface area contributed by atoms with Crippen molar-refractivity contribution in [3.8, 4) is 0 Å². The number of amides is 1. The van der Waals surface area contributed by atoms with E-state index >= 15 is 0 Å². The van der Waals surface area contributed by atoms with E-state index in [-0.39, 0.29) is 5.91 Å². The smallest absolute Gasteiger partial charge is 0.251 e. The van der Waals surface area contributed by atoms with E-state index in [0.29, 0.717) is 17.8 Å². The molecule has 0 aliphatic carbocycles. The molecule has 0 saturated heterocycles. The van der Waals surface area contributed by atoms with Crippen LogP contribution in [0, 0.1) is 13.8 Å². The van der Waals surface area contributed by atoms with Gasteiger partial charge in [0.25, 0.3) is 5.91 Å². The van der Waals surface area contributed by atoms with E-state index < -0.39 is 0 Å². The van der Waals surface area contributed by atoms with Crippen molar-refractivity contribution in [1.82, 2.24) is 5.32 Å². The Hall–Kier alpha value is -2.49. The van der Waals surface area contributed by atoms with Crippen LogP contribution in [0.15, 0.2) is 42.5 Å². The van der Waals surface area contributed by atoms with Crippen molar-refractivity contribution in [2.45, 2.75) is 20.8 Å². The van der Waals surface area contributed by atoms with Gasteiger partial charge in [-0.15, -0.1) is 0 Å². The molecule has 0 aliphatic rings. The number of likely N-dealkylation sites (N-methyl/N-ethyl adjacent to an activating group) is 1. The molecule has 2 aromatic carbocycles. The number of hydrogen-bond donors (Lipinski definition) is 2. The highest BCUT2D eigenvalue weighted by atomic mass is 16.1. The zero-order chi connectivity index (χ0) is 16.8. The number of nitrogens with two attached hydrogens (primary N) is 1. The minimum atomic E-state index is -0.0735. The van der Waals surface area contributed by atoms with Crippen molar-refractivity contribution < 1.29 is 4.79 Å². The largest absolute Gasteiger partial charge is 0.399 e. The average Bonchev–Trinajstić information content (AvgIpc) is 2.54. The van der Waals surface area contributed by atoms with Gasteiger partial charge in [0.2, 0.25) is 0 Å². The van der Waals surface area contributed by atoms with Gasteiger partial charge in [-0.3, -0.25) is 4.79 Å². The Morgan fingerprint density at radius 3 is 2.57 bits per heavy atom. The summed E-state index contributed by atoms with van der Waals surface area (Å²) in [6.07, 6.45) is 0. The summed E-state index contributed by atoms with van der Waals surface area (Å²) in [6, 6.07) is 13.7. The van der Waals surface area contributed by atoms with Gasteiger partial charge in [0.15, 0.2) is 0 Å². The summed E-state index contributed by atoms with van der Waals surface area (Å²) in [5.74, 6) is -0.0735. The Morgan fingerprint density at radius 2 is 1.87 bits per heavy atom. The molecule has 4 heteroatoms. The van der Waals surface area contributed by atoms with E-state index in [1.807, 2.05) is 31.2 Å². The molecule has 2 rings (SSSR count). The first-order valence-electron chi connectivity index (χ1n) is 7.97. The van der Waals surface area contributed by atoms with Crippen LogP contribution in [0.4, 0.5) is 11.4 Å². The van der Waals surface area contributed by atoms with Gasteiger partial charge >= 0.3 is 0 Å². The SMILES string of the molecule is CCN(CCNC(=O)c1cc(N)ccc1C)c1ccccc1C. The highest BCUT2D eigenvalue weighted by Gasteiger charge is 2.11. The van der Waals surface area contributed by atoms with Crippen LogP contribution in [0.1, 0.15) is 28.4 Å². The first kappa shape index (κ1) is 16.9. The standard InChI is InChI=1S/C19H25N3O/c1-4-22(18-8-6-5-7-15(18)3)12-11-21-19(23)17-13-16(20)10-9-14(17)2/h5-10,13H,4,11-12,20H2,1-3H3,(H,21,23). The third-order valence-electron chi connectivity index (χ3n) is 4.01. The summed E-state index contributed by atoms with van der Waals surface area (Å²) in [5.41, 5.74) is 10.4. The summed E-state index contributed by atoms with van der Waals surface area (Å²) in [5, 5.41) is 2.98. The lowest BCUT2D eigenvalue weighted by atomic mass is 10.1. The molecule has 0 aromatic heterocycles. The Labute approximate surface area is 138 Å². The monoisotopic (exact) mass is 311 g/mol. The molecule has 0 saturated carbocycles. The van der Waals surface area contributed by atoms with Crippen LogP contribution in [0.5, 0.6) is 0 Å².